The topological polar surface area (TPSA) is 109 Å². The maximum atomic E-state index is 12.6. The van der Waals surface area contributed by atoms with E-state index >= 15 is 0 Å². The van der Waals surface area contributed by atoms with Crippen molar-refractivity contribution < 1.29 is 33.2 Å². The average molecular weight is 492 g/mol. The zero-order valence-electron chi connectivity index (χ0n) is 20.2. The van der Waals surface area contributed by atoms with Crippen LogP contribution in [0.3, 0.4) is 0 Å². The van der Waals surface area contributed by atoms with Crippen LogP contribution in [0, 0.1) is 0 Å². The van der Waals surface area contributed by atoms with E-state index in [2.05, 4.69) is 16.2 Å². The predicted octanol–water partition coefficient (Wildman–Crippen LogP) is 3.16. The minimum Gasteiger partial charge on any atom is -0.496 e. The van der Waals surface area contributed by atoms with Crippen LogP contribution >= 0.6 is 12.2 Å². The molecule has 0 radical (unpaired) electrons. The lowest BCUT2D eigenvalue weighted by Gasteiger charge is -2.16. The number of nitrogens with one attached hydrogen (secondary N) is 3. The van der Waals surface area contributed by atoms with Gasteiger partial charge in [-0.3, -0.25) is 15.6 Å². The fourth-order valence-corrected chi connectivity index (χ4v) is 3.16. The van der Waals surface area contributed by atoms with Gasteiger partial charge in [-0.2, -0.15) is 0 Å². The molecule has 10 nitrogen and oxygen atoms in total. The van der Waals surface area contributed by atoms with Gasteiger partial charge in [0.1, 0.15) is 5.75 Å². The van der Waals surface area contributed by atoms with Crippen molar-refractivity contribution in [2.45, 2.75) is 6.92 Å². The molecule has 0 saturated carbocycles. The molecule has 0 aliphatic rings. The van der Waals surface area contributed by atoms with Crippen molar-refractivity contribution in [3.63, 3.8) is 0 Å². The van der Waals surface area contributed by atoms with E-state index in [0.29, 0.717) is 51.3 Å². The highest BCUT2D eigenvalue weighted by molar-refractivity contribution is 7.80. The summed E-state index contributed by atoms with van der Waals surface area (Å²) in [5, 5.41) is 3.10. The number of anilines is 1. The number of ether oxygens (including phenoxy) is 6. The molecule has 0 heterocycles. The maximum absolute atomic E-state index is 12.6. The summed E-state index contributed by atoms with van der Waals surface area (Å²) in [5.41, 5.74) is 6.82. The van der Waals surface area contributed by atoms with Crippen molar-refractivity contribution >= 4 is 35.0 Å². The van der Waals surface area contributed by atoms with Gasteiger partial charge >= 0.3 is 0 Å². The fourth-order valence-electron chi connectivity index (χ4n) is 2.99. The Morgan fingerprint density at radius 3 is 1.76 bits per heavy atom. The molecular formula is C23H29N3O7S. The minimum absolute atomic E-state index is 0.152. The number of methoxy groups -OCH3 is 6. The van der Waals surface area contributed by atoms with Gasteiger partial charge in [-0.25, -0.2) is 0 Å². The van der Waals surface area contributed by atoms with Crippen LogP contribution in [0.2, 0.25) is 0 Å². The number of hydrogen-bond donors (Lipinski definition) is 3. The Bertz CT molecular complexity index is 1050. The Morgan fingerprint density at radius 2 is 1.26 bits per heavy atom. The number of carbonyl (C=O) groups excluding carboxylic acids is 1. The summed E-state index contributed by atoms with van der Waals surface area (Å²) in [4.78, 5) is 12.6. The van der Waals surface area contributed by atoms with Gasteiger partial charge in [0.15, 0.2) is 28.1 Å². The lowest BCUT2D eigenvalue weighted by molar-refractivity contribution is -0.117. The van der Waals surface area contributed by atoms with E-state index in [9.17, 15) is 4.79 Å². The molecule has 2 aromatic rings. The minimum atomic E-state index is -0.397. The van der Waals surface area contributed by atoms with Gasteiger partial charge in [0, 0.05) is 35.0 Å². The summed E-state index contributed by atoms with van der Waals surface area (Å²) in [5.74, 6) is 2.52. The van der Waals surface area contributed by atoms with Crippen molar-refractivity contribution in [2.24, 2.45) is 0 Å². The highest BCUT2D eigenvalue weighted by Gasteiger charge is 2.15. The molecule has 2 aromatic carbocycles. The Hall–Kier alpha value is -3.86. The van der Waals surface area contributed by atoms with Crippen LogP contribution in [-0.2, 0) is 4.79 Å². The number of hydrogen-bond acceptors (Lipinski definition) is 8. The summed E-state index contributed by atoms with van der Waals surface area (Å²) >= 11 is 5.27. The molecule has 0 atom stereocenters. The molecule has 0 spiro atoms. The van der Waals surface area contributed by atoms with E-state index in [-0.39, 0.29) is 5.11 Å². The number of thiocarbonyl (C=S) groups is 1. The molecule has 0 aromatic heterocycles. The Labute approximate surface area is 204 Å². The van der Waals surface area contributed by atoms with Gasteiger partial charge in [0.25, 0.3) is 5.91 Å². The third-order valence-corrected chi connectivity index (χ3v) is 4.88. The SMILES string of the molecule is COc1cc(OC)c(OC)cc1C=C(C)C(=O)NNC(=S)Nc1cc(OC)c(OC)c(OC)c1. The van der Waals surface area contributed by atoms with Crippen molar-refractivity contribution in [1.82, 2.24) is 10.9 Å². The first-order valence-corrected chi connectivity index (χ1v) is 10.4. The molecule has 1 amide bonds. The number of amides is 1. The second-order valence-corrected chi connectivity index (χ2v) is 7.13. The standard InChI is InChI=1S/C23H29N3O7S/c1-13(8-14-9-17(29-3)18(30-4)12-16(14)28-2)22(27)25-26-23(34)24-15-10-19(31-5)21(33-7)20(11-15)32-6/h8-12H,1-7H3,(H,25,27)(H2,24,26,34). The summed E-state index contributed by atoms with van der Waals surface area (Å²) < 4.78 is 32.0. The molecule has 0 aliphatic carbocycles. The van der Waals surface area contributed by atoms with E-state index in [1.54, 1.807) is 37.3 Å². The number of carbonyl (C=O) groups is 1. The summed E-state index contributed by atoms with van der Waals surface area (Å²) in [6.07, 6.45) is 1.66. The van der Waals surface area contributed by atoms with E-state index in [0.717, 1.165) is 0 Å². The molecule has 2 rings (SSSR count). The lowest BCUT2D eigenvalue weighted by Crippen LogP contribution is -2.44. The second kappa shape index (κ2) is 12.4. The van der Waals surface area contributed by atoms with Gasteiger partial charge in [-0.1, -0.05) is 0 Å². The van der Waals surface area contributed by atoms with Gasteiger partial charge in [0.2, 0.25) is 5.75 Å². The number of hydrazine groups is 1. The summed E-state index contributed by atoms with van der Waals surface area (Å²) in [6, 6.07) is 6.78. The normalized spacial score (nSPS) is 10.6. The van der Waals surface area contributed by atoms with E-state index in [4.69, 9.17) is 40.6 Å². The Morgan fingerprint density at radius 1 is 0.735 bits per heavy atom. The zero-order chi connectivity index (χ0) is 25.3. The Balaban J connectivity index is 2.10. The van der Waals surface area contributed by atoms with Gasteiger partial charge in [-0.05, 0) is 31.3 Å². The molecule has 184 valence electrons. The molecule has 34 heavy (non-hydrogen) atoms. The van der Waals surface area contributed by atoms with Gasteiger partial charge < -0.3 is 33.7 Å². The maximum Gasteiger partial charge on any atom is 0.265 e. The number of rotatable bonds is 9. The molecule has 0 unspecified atom stereocenters. The van der Waals surface area contributed by atoms with Crippen LogP contribution in [0.5, 0.6) is 34.5 Å². The first-order chi connectivity index (χ1) is 16.3. The molecule has 0 saturated heterocycles. The monoisotopic (exact) mass is 491 g/mol. The third kappa shape index (κ3) is 6.35. The largest absolute Gasteiger partial charge is 0.496 e. The number of benzene rings is 2. The van der Waals surface area contributed by atoms with Crippen LogP contribution in [0.25, 0.3) is 6.08 Å². The van der Waals surface area contributed by atoms with Crippen LogP contribution in [0.4, 0.5) is 5.69 Å². The van der Waals surface area contributed by atoms with Crippen molar-refractivity contribution in [3.8, 4) is 34.5 Å². The van der Waals surface area contributed by atoms with Crippen LogP contribution in [0.1, 0.15) is 12.5 Å². The molecule has 3 N–H and O–H groups in total. The molecular weight excluding hydrogens is 462 g/mol. The van der Waals surface area contributed by atoms with Crippen LogP contribution in [0.15, 0.2) is 29.8 Å². The predicted molar refractivity (Wildman–Crippen MR) is 133 cm³/mol. The first-order valence-electron chi connectivity index (χ1n) is 9.97. The molecule has 0 aliphatic heterocycles. The van der Waals surface area contributed by atoms with Gasteiger partial charge in [0.05, 0.1) is 42.7 Å². The van der Waals surface area contributed by atoms with Gasteiger partial charge in [-0.15, -0.1) is 0 Å². The highest BCUT2D eigenvalue weighted by Crippen LogP contribution is 2.40. The van der Waals surface area contributed by atoms with E-state index < -0.39 is 5.91 Å². The highest BCUT2D eigenvalue weighted by atomic mass is 32.1. The molecule has 0 bridgehead atoms. The van der Waals surface area contributed by atoms with Crippen LogP contribution < -0.4 is 44.6 Å². The molecule has 0 fully saturated rings. The third-order valence-electron chi connectivity index (χ3n) is 4.68. The lowest BCUT2D eigenvalue weighted by atomic mass is 10.1. The van der Waals surface area contributed by atoms with E-state index in [1.165, 1.54) is 42.7 Å². The van der Waals surface area contributed by atoms with Crippen molar-refractivity contribution in [1.29, 1.82) is 0 Å². The average Bonchev–Trinajstić information content (AvgIpc) is 2.85. The zero-order valence-corrected chi connectivity index (χ0v) is 21.0. The smallest absolute Gasteiger partial charge is 0.265 e. The first kappa shape index (κ1) is 26.4. The summed E-state index contributed by atoms with van der Waals surface area (Å²) in [6.45, 7) is 1.66. The van der Waals surface area contributed by atoms with E-state index in [1.807, 2.05) is 0 Å². The fraction of sp³-hybridized carbons (Fsp3) is 0.304. The second-order valence-electron chi connectivity index (χ2n) is 6.72. The quantitative estimate of drug-likeness (QED) is 0.275. The van der Waals surface area contributed by atoms with Crippen LogP contribution in [-0.4, -0.2) is 53.7 Å². The van der Waals surface area contributed by atoms with Crippen molar-refractivity contribution in [2.75, 3.05) is 48.0 Å². The Kier molecular flexibility index (Phi) is 9.62. The van der Waals surface area contributed by atoms with Crippen molar-refractivity contribution in [3.05, 3.63) is 35.4 Å². The molecule has 11 heteroatoms. The summed E-state index contributed by atoms with van der Waals surface area (Å²) in [7, 11) is 9.14.